The molecule has 8 heteroatoms. The lowest BCUT2D eigenvalue weighted by molar-refractivity contribution is -0.141. The molecule has 0 aliphatic rings. The lowest BCUT2D eigenvalue weighted by Gasteiger charge is -2.11. The van der Waals surface area contributed by atoms with Crippen LogP contribution in [-0.2, 0) is 10.9 Å². The molecule has 0 aliphatic heterocycles. The highest BCUT2D eigenvalue weighted by molar-refractivity contribution is 5.91. The van der Waals surface area contributed by atoms with E-state index in [9.17, 15) is 18.0 Å². The van der Waals surface area contributed by atoms with E-state index >= 15 is 0 Å². The van der Waals surface area contributed by atoms with E-state index in [0.717, 1.165) is 6.07 Å². The van der Waals surface area contributed by atoms with Crippen LogP contribution in [0.15, 0.2) is 24.3 Å². The fourth-order valence-electron chi connectivity index (χ4n) is 1.90. The molecule has 5 nitrogen and oxygen atoms in total. The normalized spacial score (nSPS) is 11.2. The lowest BCUT2D eigenvalue weighted by Crippen LogP contribution is -2.10. The van der Waals surface area contributed by atoms with Gasteiger partial charge >= 0.3 is 12.1 Å². The summed E-state index contributed by atoms with van der Waals surface area (Å²) in [6.07, 6.45) is -4.59. The highest BCUT2D eigenvalue weighted by Gasteiger charge is 2.33. The third-order valence-electron chi connectivity index (χ3n) is 2.93. The molecule has 1 aromatic carbocycles. The van der Waals surface area contributed by atoms with Crippen molar-refractivity contribution in [3.63, 3.8) is 0 Å². The predicted octanol–water partition coefficient (Wildman–Crippen LogP) is 3.69. The van der Waals surface area contributed by atoms with E-state index < -0.39 is 17.8 Å². The van der Waals surface area contributed by atoms with E-state index in [4.69, 9.17) is 4.74 Å². The van der Waals surface area contributed by atoms with Crippen molar-refractivity contribution in [1.29, 1.82) is 0 Å². The largest absolute Gasteiger partial charge is 0.465 e. The Morgan fingerprint density at radius 1 is 1.13 bits per heavy atom. The zero-order valence-corrected chi connectivity index (χ0v) is 12.6. The minimum atomic E-state index is -4.59. The first-order valence-electron chi connectivity index (χ1n) is 6.50. The summed E-state index contributed by atoms with van der Waals surface area (Å²) in [4.78, 5) is 18.7. The maximum Gasteiger partial charge on any atom is 0.433 e. The molecule has 0 saturated heterocycles. The highest BCUT2D eigenvalue weighted by atomic mass is 19.4. The van der Waals surface area contributed by atoms with E-state index in [1.54, 1.807) is 6.92 Å². The number of carbonyl (C=O) groups is 1. The Morgan fingerprint density at radius 2 is 1.83 bits per heavy atom. The number of benzene rings is 1. The van der Waals surface area contributed by atoms with Gasteiger partial charge in [-0.2, -0.15) is 18.2 Å². The van der Waals surface area contributed by atoms with Gasteiger partial charge in [-0.05, 0) is 37.6 Å². The van der Waals surface area contributed by atoms with Gasteiger partial charge in [-0.15, -0.1) is 0 Å². The summed E-state index contributed by atoms with van der Waals surface area (Å²) in [5.74, 6) is -0.541. The van der Waals surface area contributed by atoms with Crippen molar-refractivity contribution in [3.8, 4) is 11.6 Å². The average Bonchev–Trinajstić information content (AvgIpc) is 2.45. The van der Waals surface area contributed by atoms with Crippen LogP contribution < -0.4 is 4.74 Å². The number of ether oxygens (including phenoxy) is 2. The molecule has 2 rings (SSSR count). The number of rotatable bonds is 3. The number of nitrogens with zero attached hydrogens (tertiary/aromatic N) is 2. The van der Waals surface area contributed by atoms with Crippen LogP contribution in [0.2, 0.25) is 0 Å². The number of hydrogen-bond donors (Lipinski definition) is 0. The molecule has 0 N–H and O–H groups in total. The van der Waals surface area contributed by atoms with Crippen LogP contribution >= 0.6 is 0 Å². The minimum absolute atomic E-state index is 0.0577. The zero-order chi connectivity index (χ0) is 17.2. The first-order chi connectivity index (χ1) is 10.7. The second-order valence-electron chi connectivity index (χ2n) is 4.71. The Morgan fingerprint density at radius 3 is 2.39 bits per heavy atom. The number of hydrogen-bond acceptors (Lipinski definition) is 5. The number of carbonyl (C=O) groups excluding carboxylic acids is 1. The molecule has 23 heavy (non-hydrogen) atoms. The van der Waals surface area contributed by atoms with Crippen molar-refractivity contribution in [3.05, 3.63) is 46.9 Å². The third-order valence-corrected chi connectivity index (χ3v) is 2.93. The Balaban J connectivity index is 2.31. The van der Waals surface area contributed by atoms with Crippen molar-refractivity contribution in [1.82, 2.24) is 9.97 Å². The van der Waals surface area contributed by atoms with Gasteiger partial charge in [-0.1, -0.05) is 0 Å². The monoisotopic (exact) mass is 326 g/mol. The van der Waals surface area contributed by atoms with Gasteiger partial charge in [0.25, 0.3) is 0 Å². The molecular weight excluding hydrogens is 313 g/mol. The van der Waals surface area contributed by atoms with Gasteiger partial charge in [-0.25, -0.2) is 9.78 Å². The van der Waals surface area contributed by atoms with E-state index in [0.29, 0.717) is 11.1 Å². The summed E-state index contributed by atoms with van der Waals surface area (Å²) in [6, 6.07) is 5.15. The quantitative estimate of drug-likeness (QED) is 0.805. The van der Waals surface area contributed by atoms with Gasteiger partial charge in [0, 0.05) is 6.07 Å². The number of alkyl halides is 3. The highest BCUT2D eigenvalue weighted by Crippen LogP contribution is 2.31. The van der Waals surface area contributed by atoms with E-state index in [-0.39, 0.29) is 17.5 Å². The number of halogens is 3. The summed E-state index contributed by atoms with van der Waals surface area (Å²) >= 11 is 0. The molecule has 0 atom stereocenters. The maximum absolute atomic E-state index is 12.7. The Labute approximate surface area is 130 Å². The summed E-state index contributed by atoms with van der Waals surface area (Å²) in [6.45, 7) is 3.00. The van der Waals surface area contributed by atoms with Crippen molar-refractivity contribution in [2.45, 2.75) is 20.0 Å². The smallest absolute Gasteiger partial charge is 0.433 e. The van der Waals surface area contributed by atoms with Crippen LogP contribution in [0.25, 0.3) is 0 Å². The van der Waals surface area contributed by atoms with Crippen molar-refractivity contribution in [2.24, 2.45) is 0 Å². The molecule has 0 saturated carbocycles. The molecule has 0 unspecified atom stereocenters. The fourth-order valence-corrected chi connectivity index (χ4v) is 1.90. The molecular formula is C15H13F3N2O3. The zero-order valence-electron chi connectivity index (χ0n) is 12.6. The van der Waals surface area contributed by atoms with Gasteiger partial charge < -0.3 is 9.47 Å². The molecule has 0 aliphatic carbocycles. The minimum Gasteiger partial charge on any atom is -0.465 e. The molecule has 0 radical (unpaired) electrons. The second kappa shape index (κ2) is 6.23. The molecule has 0 fully saturated rings. The van der Waals surface area contributed by atoms with Crippen LogP contribution in [0.4, 0.5) is 13.2 Å². The van der Waals surface area contributed by atoms with Gasteiger partial charge in [0.2, 0.25) is 5.88 Å². The van der Waals surface area contributed by atoms with Crippen LogP contribution in [0.5, 0.6) is 11.6 Å². The molecule has 2 aromatic rings. The molecule has 0 amide bonds. The van der Waals surface area contributed by atoms with Crippen molar-refractivity contribution in [2.75, 3.05) is 7.11 Å². The average molecular weight is 326 g/mol. The molecule has 1 heterocycles. The van der Waals surface area contributed by atoms with Crippen LogP contribution in [0.3, 0.4) is 0 Å². The predicted molar refractivity (Wildman–Crippen MR) is 74.4 cm³/mol. The maximum atomic E-state index is 12.7. The summed E-state index contributed by atoms with van der Waals surface area (Å²) in [5.41, 5.74) is -0.172. The number of aryl methyl sites for hydroxylation is 2. The molecule has 0 spiro atoms. The summed E-state index contributed by atoms with van der Waals surface area (Å²) in [5, 5.41) is 0. The van der Waals surface area contributed by atoms with E-state index in [1.165, 1.54) is 32.2 Å². The topological polar surface area (TPSA) is 61.3 Å². The summed E-state index contributed by atoms with van der Waals surface area (Å²) < 4.78 is 48.2. The molecule has 1 aromatic heterocycles. The Bertz CT molecular complexity index is 745. The van der Waals surface area contributed by atoms with Crippen LogP contribution in [-0.4, -0.2) is 23.0 Å². The lowest BCUT2D eigenvalue weighted by atomic mass is 10.1. The molecule has 0 bridgehead atoms. The first-order valence-corrected chi connectivity index (χ1v) is 6.50. The number of esters is 1. The second-order valence-corrected chi connectivity index (χ2v) is 4.71. The van der Waals surface area contributed by atoms with Gasteiger partial charge in [0.1, 0.15) is 11.6 Å². The van der Waals surface area contributed by atoms with Gasteiger partial charge in [0.15, 0.2) is 5.69 Å². The standard InChI is InChI=1S/C15H13F3N2O3/c1-8-6-10(4-5-11(8)14(21)22-3)23-13-7-12(15(16,17)18)19-9(2)20-13/h4-7H,1-3H3. The third kappa shape index (κ3) is 3.97. The molecule has 122 valence electrons. The van der Waals surface area contributed by atoms with E-state index in [1.807, 2.05) is 0 Å². The number of aromatic nitrogens is 2. The SMILES string of the molecule is COC(=O)c1ccc(Oc2cc(C(F)(F)F)nc(C)n2)cc1C. The van der Waals surface area contributed by atoms with E-state index in [2.05, 4.69) is 14.7 Å². The van der Waals surface area contributed by atoms with Gasteiger partial charge in [0.05, 0.1) is 12.7 Å². The van der Waals surface area contributed by atoms with Crippen molar-refractivity contribution < 1.29 is 27.4 Å². The van der Waals surface area contributed by atoms with Crippen LogP contribution in [0.1, 0.15) is 27.4 Å². The number of methoxy groups -OCH3 is 1. The Kier molecular flexibility index (Phi) is 4.53. The van der Waals surface area contributed by atoms with Gasteiger partial charge in [-0.3, -0.25) is 0 Å². The Hall–Kier alpha value is -2.64. The summed E-state index contributed by atoms with van der Waals surface area (Å²) in [7, 11) is 1.26. The van der Waals surface area contributed by atoms with Crippen LogP contribution in [0, 0.1) is 13.8 Å². The first kappa shape index (κ1) is 16.7. The fraction of sp³-hybridized carbons (Fsp3) is 0.267. The van der Waals surface area contributed by atoms with Crippen molar-refractivity contribution >= 4 is 5.97 Å².